The summed E-state index contributed by atoms with van der Waals surface area (Å²) in [5, 5.41) is 5.60. The quantitative estimate of drug-likeness (QED) is 0.120. The number of halogens is 2. The summed E-state index contributed by atoms with van der Waals surface area (Å²) in [7, 11) is 10.7. The van der Waals surface area contributed by atoms with E-state index in [1.807, 2.05) is 6.07 Å². The first-order valence-electron chi connectivity index (χ1n) is 14.9. The molecule has 0 bridgehead atoms. The van der Waals surface area contributed by atoms with Crippen molar-refractivity contribution >= 4 is 47.7 Å². The van der Waals surface area contributed by atoms with Gasteiger partial charge in [0.15, 0.2) is 0 Å². The van der Waals surface area contributed by atoms with Gasteiger partial charge in [0.25, 0.3) is 0 Å². The van der Waals surface area contributed by atoms with Crippen LogP contribution in [0, 0.1) is 6.07 Å². The minimum atomic E-state index is -0.826. The van der Waals surface area contributed by atoms with Gasteiger partial charge in [0.2, 0.25) is 0 Å². The molecule has 212 valence electrons. The van der Waals surface area contributed by atoms with Crippen molar-refractivity contribution in [3.63, 3.8) is 0 Å². The van der Waals surface area contributed by atoms with Crippen molar-refractivity contribution in [3.8, 4) is 33.4 Å². The van der Waals surface area contributed by atoms with Crippen LogP contribution in [0.1, 0.15) is 37.8 Å². The molecule has 0 amide bonds. The Morgan fingerprint density at radius 1 is 0.744 bits per heavy atom. The summed E-state index contributed by atoms with van der Waals surface area (Å²) >= 11 is -0.826. The molecule has 1 heterocycles. The van der Waals surface area contributed by atoms with Crippen LogP contribution in [0.4, 0.5) is 0 Å². The second-order valence-electron chi connectivity index (χ2n) is 10.5. The minimum absolute atomic E-state index is 0.795. The zero-order valence-corrected chi connectivity index (χ0v) is 29.6. The largest absolute Gasteiger partial charge is 0.184 e. The number of hydrogen-bond acceptors (Lipinski definition) is 0. The average molecular weight is 693 g/mol. The van der Waals surface area contributed by atoms with E-state index >= 15 is 0 Å². The fourth-order valence-corrected chi connectivity index (χ4v) is 7.13. The van der Waals surface area contributed by atoms with E-state index < -0.39 is 20.8 Å². The smallest absolute Gasteiger partial charge is 0.0920 e. The van der Waals surface area contributed by atoms with Crippen LogP contribution < -0.4 is 10.4 Å². The number of benzene rings is 5. The second kappa shape index (κ2) is 15.9. The van der Waals surface area contributed by atoms with Crippen molar-refractivity contribution in [3.05, 3.63) is 139 Å². The molecule has 0 fully saturated rings. The SMILES string of the molecule is CCCCc1cc2c(-c3ccccc3-c3ccccc3)c(CC)ccc2[cH-]1.[Cl][Zr+2][Cl].[c-]1cccc2c1[Si]c1ccccc1-2. The van der Waals surface area contributed by atoms with Gasteiger partial charge in [-0.3, -0.25) is 0 Å². The second-order valence-corrected chi connectivity index (χ2v) is 15.6. The van der Waals surface area contributed by atoms with E-state index in [0.29, 0.717) is 0 Å². The third-order valence-corrected chi connectivity index (χ3v) is 9.22. The van der Waals surface area contributed by atoms with Crippen molar-refractivity contribution in [2.45, 2.75) is 39.5 Å². The van der Waals surface area contributed by atoms with E-state index in [9.17, 15) is 0 Å². The van der Waals surface area contributed by atoms with Crippen molar-refractivity contribution < 1.29 is 20.8 Å². The molecule has 2 radical (unpaired) electrons. The zero-order valence-electron chi connectivity index (χ0n) is 24.6. The van der Waals surface area contributed by atoms with E-state index in [1.165, 1.54) is 84.9 Å². The van der Waals surface area contributed by atoms with Crippen molar-refractivity contribution in [1.29, 1.82) is 0 Å². The van der Waals surface area contributed by atoms with Crippen molar-refractivity contribution in [1.82, 2.24) is 0 Å². The summed E-state index contributed by atoms with van der Waals surface area (Å²) < 4.78 is 0. The van der Waals surface area contributed by atoms with Crippen LogP contribution >= 0.6 is 17.0 Å². The molecule has 0 aromatic heterocycles. The van der Waals surface area contributed by atoms with Crippen LogP contribution in [-0.4, -0.2) is 9.52 Å². The van der Waals surface area contributed by atoms with E-state index in [1.54, 1.807) is 0 Å². The average Bonchev–Trinajstić information content (AvgIpc) is 3.65. The van der Waals surface area contributed by atoms with Gasteiger partial charge < -0.3 is 0 Å². The monoisotopic (exact) mass is 690 g/mol. The number of unbranched alkanes of at least 4 members (excludes halogenated alkanes) is 1. The summed E-state index contributed by atoms with van der Waals surface area (Å²) in [4.78, 5) is 0. The molecule has 7 rings (SSSR count). The van der Waals surface area contributed by atoms with Gasteiger partial charge in [0.1, 0.15) is 0 Å². The molecule has 0 saturated heterocycles. The molecular weight excluding hydrogens is 659 g/mol. The molecule has 6 aromatic carbocycles. The first-order chi connectivity index (χ1) is 21.2. The van der Waals surface area contributed by atoms with Crippen molar-refractivity contribution in [2.75, 3.05) is 0 Å². The third kappa shape index (κ3) is 7.55. The summed E-state index contributed by atoms with van der Waals surface area (Å²) in [5.74, 6) is 0. The number of rotatable bonds is 6. The molecule has 0 atom stereocenters. The Hall–Kier alpha value is -2.61. The Kier molecular flexibility index (Phi) is 11.8. The van der Waals surface area contributed by atoms with Crippen LogP contribution in [0.3, 0.4) is 0 Å². The van der Waals surface area contributed by atoms with E-state index in [-0.39, 0.29) is 0 Å². The van der Waals surface area contributed by atoms with E-state index in [2.05, 4.69) is 135 Å². The van der Waals surface area contributed by atoms with Gasteiger partial charge in [-0.25, -0.2) is 0 Å². The molecular formula is C39H34Cl2SiZr. The number of aryl methyl sites for hydroxylation is 2. The molecule has 1 aliphatic heterocycles. The summed E-state index contributed by atoms with van der Waals surface area (Å²) in [6.45, 7) is 4.52. The molecule has 0 nitrogen and oxygen atoms in total. The first-order valence-corrected chi connectivity index (χ1v) is 22.2. The molecule has 43 heavy (non-hydrogen) atoms. The van der Waals surface area contributed by atoms with E-state index in [4.69, 9.17) is 17.0 Å². The van der Waals surface area contributed by atoms with Crippen LogP contribution in [0.5, 0.6) is 0 Å². The number of hydrogen-bond donors (Lipinski definition) is 0. The Morgan fingerprint density at radius 3 is 2.16 bits per heavy atom. The van der Waals surface area contributed by atoms with Crippen molar-refractivity contribution in [2.24, 2.45) is 0 Å². The molecule has 0 aliphatic carbocycles. The van der Waals surface area contributed by atoms with Gasteiger partial charge in [-0.2, -0.15) is 35.5 Å². The minimum Gasteiger partial charge on any atom is -0.184 e. The van der Waals surface area contributed by atoms with Crippen LogP contribution in [-0.2, 0) is 33.7 Å². The summed E-state index contributed by atoms with van der Waals surface area (Å²) in [6, 6.07) is 47.2. The standard InChI is InChI=1S/C27H27.C12H7Si.2ClH.Zr/c1-3-5-11-20-18-23-17-16-21(4-2)27(26(23)19-20)25-15-10-9-14-24(25)22-12-7-6-8-13-22;1-3-7-11-9(5-1)10-6-2-4-8-12(10)13-11;;;/h6-10,12-19H,3-5,11H2,1-2H3;1-7H;2*1H;/q2*-1;;;+4/p-2. The fraction of sp³-hybridized carbons (Fsp3) is 0.154. The molecule has 0 unspecified atom stereocenters. The Balaban J connectivity index is 0.000000190. The number of fused-ring (bicyclic) bond motifs is 4. The van der Waals surface area contributed by atoms with Crippen LogP contribution in [0.25, 0.3) is 44.2 Å². The molecule has 4 heteroatoms. The maximum absolute atomic E-state index is 4.93. The third-order valence-electron chi connectivity index (χ3n) is 7.85. The maximum atomic E-state index is 4.93. The fourth-order valence-electron chi connectivity index (χ4n) is 5.82. The molecule has 0 N–H and O–H groups in total. The molecule has 1 aliphatic rings. The maximum Gasteiger partial charge on any atom is 0.0920 e. The van der Waals surface area contributed by atoms with Gasteiger partial charge in [0, 0.05) is 0 Å². The Morgan fingerprint density at radius 2 is 1.42 bits per heavy atom. The first kappa shape index (κ1) is 31.8. The van der Waals surface area contributed by atoms with Gasteiger partial charge in [-0.05, 0) is 29.5 Å². The predicted molar refractivity (Wildman–Crippen MR) is 186 cm³/mol. The van der Waals surface area contributed by atoms with E-state index in [0.717, 1.165) is 15.9 Å². The Bertz CT molecular complexity index is 1730. The molecule has 0 spiro atoms. The van der Waals surface area contributed by atoms with Gasteiger partial charge >= 0.3 is 37.9 Å². The summed E-state index contributed by atoms with van der Waals surface area (Å²) in [5.41, 5.74) is 11.0. The molecule has 6 aromatic rings. The van der Waals surface area contributed by atoms with Crippen LogP contribution in [0.2, 0.25) is 0 Å². The summed E-state index contributed by atoms with van der Waals surface area (Å²) in [6.07, 6.45) is 4.72. The topological polar surface area (TPSA) is 0 Å². The van der Waals surface area contributed by atoms with Gasteiger partial charge in [0.05, 0.1) is 9.52 Å². The molecule has 0 saturated carbocycles. The Labute approximate surface area is 278 Å². The van der Waals surface area contributed by atoms with Gasteiger partial charge in [-0.15, -0.1) is 40.1 Å². The predicted octanol–water partition coefficient (Wildman–Crippen LogP) is 10.3. The normalized spacial score (nSPS) is 11.0. The van der Waals surface area contributed by atoms with Gasteiger partial charge in [-0.1, -0.05) is 127 Å². The van der Waals surface area contributed by atoms with Crippen LogP contribution in [0.15, 0.2) is 121 Å². The zero-order chi connectivity index (χ0) is 30.0.